The summed E-state index contributed by atoms with van der Waals surface area (Å²) in [5, 5.41) is 2.84. The molecule has 0 aliphatic carbocycles. The molecule has 19 heavy (non-hydrogen) atoms. The van der Waals surface area contributed by atoms with E-state index >= 15 is 0 Å². The van der Waals surface area contributed by atoms with Gasteiger partial charge in [-0.2, -0.15) is 0 Å². The van der Waals surface area contributed by atoms with Crippen molar-refractivity contribution in [2.45, 2.75) is 32.2 Å². The van der Waals surface area contributed by atoms with E-state index in [1.165, 1.54) is 0 Å². The average molecular weight is 260 g/mol. The number of nitrogens with zero attached hydrogens (tertiary/aromatic N) is 1. The number of carbonyl (C=O) groups is 2. The van der Waals surface area contributed by atoms with Crippen LogP contribution in [0.3, 0.4) is 0 Å². The van der Waals surface area contributed by atoms with Gasteiger partial charge in [0, 0.05) is 19.2 Å². The number of rotatable bonds is 2. The minimum Gasteiger partial charge on any atom is -0.344 e. The Balaban J connectivity index is 2.05. The Labute approximate surface area is 113 Å². The second-order valence-electron chi connectivity index (χ2n) is 5.15. The molecule has 1 N–H and O–H groups in total. The largest absolute Gasteiger partial charge is 0.344 e. The van der Waals surface area contributed by atoms with Crippen molar-refractivity contribution in [2.75, 3.05) is 13.6 Å². The molecular weight excluding hydrogens is 240 g/mol. The van der Waals surface area contributed by atoms with E-state index in [1.807, 2.05) is 19.1 Å². The molecule has 0 aromatic heterocycles. The van der Waals surface area contributed by atoms with E-state index in [2.05, 4.69) is 5.32 Å². The van der Waals surface area contributed by atoms with Crippen molar-refractivity contribution in [1.82, 2.24) is 10.2 Å². The standard InChI is InChI=1S/C15H20N2O2/c1-11-6-8-12(9-7-11)14(18)16-13-5-3-4-10-17(2)15(13)19/h6-9,13H,3-5,10H2,1-2H3,(H,16,18). The maximum Gasteiger partial charge on any atom is 0.251 e. The number of benzene rings is 1. The summed E-state index contributed by atoms with van der Waals surface area (Å²) < 4.78 is 0. The normalized spacial score (nSPS) is 20.0. The van der Waals surface area contributed by atoms with Gasteiger partial charge in [-0.1, -0.05) is 17.7 Å². The number of hydrogen-bond acceptors (Lipinski definition) is 2. The van der Waals surface area contributed by atoms with Crippen molar-refractivity contribution >= 4 is 11.8 Å². The Hall–Kier alpha value is -1.84. The molecule has 0 radical (unpaired) electrons. The van der Waals surface area contributed by atoms with E-state index in [9.17, 15) is 9.59 Å². The Morgan fingerprint density at radius 1 is 1.26 bits per heavy atom. The summed E-state index contributed by atoms with van der Waals surface area (Å²) in [4.78, 5) is 25.9. The van der Waals surface area contributed by atoms with E-state index in [-0.39, 0.29) is 17.9 Å². The van der Waals surface area contributed by atoms with Crippen LogP contribution in [0, 0.1) is 6.92 Å². The first kappa shape index (κ1) is 13.6. The zero-order chi connectivity index (χ0) is 13.8. The number of nitrogens with one attached hydrogen (secondary N) is 1. The van der Waals surface area contributed by atoms with Crippen LogP contribution >= 0.6 is 0 Å². The molecule has 1 aliphatic rings. The van der Waals surface area contributed by atoms with Gasteiger partial charge in [-0.3, -0.25) is 9.59 Å². The molecule has 1 heterocycles. The van der Waals surface area contributed by atoms with Crippen LogP contribution in [0.4, 0.5) is 0 Å². The lowest BCUT2D eigenvalue weighted by Gasteiger charge is -2.20. The molecule has 1 atom stereocenters. The fraction of sp³-hybridized carbons (Fsp3) is 0.467. The van der Waals surface area contributed by atoms with Crippen LogP contribution in [-0.4, -0.2) is 36.3 Å². The number of aryl methyl sites for hydroxylation is 1. The lowest BCUT2D eigenvalue weighted by molar-refractivity contribution is -0.131. The Morgan fingerprint density at radius 2 is 1.95 bits per heavy atom. The molecule has 0 saturated carbocycles. The highest BCUT2D eigenvalue weighted by Crippen LogP contribution is 2.12. The van der Waals surface area contributed by atoms with Gasteiger partial charge in [0.15, 0.2) is 0 Å². The predicted molar refractivity (Wildman–Crippen MR) is 73.9 cm³/mol. The quantitative estimate of drug-likeness (QED) is 0.880. The SMILES string of the molecule is Cc1ccc(C(=O)NC2CCCCN(C)C2=O)cc1. The fourth-order valence-corrected chi connectivity index (χ4v) is 2.28. The number of likely N-dealkylation sites (tertiary alicyclic amines) is 1. The Morgan fingerprint density at radius 3 is 2.63 bits per heavy atom. The third-order valence-corrected chi connectivity index (χ3v) is 3.53. The van der Waals surface area contributed by atoms with Gasteiger partial charge >= 0.3 is 0 Å². The first-order chi connectivity index (χ1) is 9.08. The molecule has 4 heteroatoms. The number of likely N-dealkylation sites (N-methyl/N-ethyl adjacent to an activating group) is 1. The Kier molecular flexibility index (Phi) is 4.20. The highest BCUT2D eigenvalue weighted by Gasteiger charge is 2.26. The van der Waals surface area contributed by atoms with Gasteiger partial charge in [-0.05, 0) is 38.3 Å². The molecule has 0 bridgehead atoms. The highest BCUT2D eigenvalue weighted by molar-refractivity contribution is 5.97. The minimum atomic E-state index is -0.388. The van der Waals surface area contributed by atoms with Crippen LogP contribution in [0.15, 0.2) is 24.3 Å². The molecule has 0 spiro atoms. The van der Waals surface area contributed by atoms with Crippen molar-refractivity contribution in [3.63, 3.8) is 0 Å². The van der Waals surface area contributed by atoms with Crippen LogP contribution < -0.4 is 5.32 Å². The second-order valence-corrected chi connectivity index (χ2v) is 5.15. The third kappa shape index (κ3) is 3.34. The van der Waals surface area contributed by atoms with Crippen LogP contribution in [0.25, 0.3) is 0 Å². The average Bonchev–Trinajstić information content (AvgIpc) is 2.55. The monoisotopic (exact) mass is 260 g/mol. The Bertz CT molecular complexity index is 468. The van der Waals surface area contributed by atoms with Gasteiger partial charge in [0.2, 0.25) is 5.91 Å². The summed E-state index contributed by atoms with van der Waals surface area (Å²) in [6, 6.07) is 6.98. The zero-order valence-corrected chi connectivity index (χ0v) is 11.5. The summed E-state index contributed by atoms with van der Waals surface area (Å²) in [7, 11) is 1.79. The van der Waals surface area contributed by atoms with E-state index in [1.54, 1.807) is 24.1 Å². The van der Waals surface area contributed by atoms with Crippen molar-refractivity contribution in [2.24, 2.45) is 0 Å². The van der Waals surface area contributed by atoms with Gasteiger partial charge in [-0.25, -0.2) is 0 Å². The van der Waals surface area contributed by atoms with Gasteiger partial charge < -0.3 is 10.2 Å². The van der Waals surface area contributed by atoms with E-state index in [0.717, 1.165) is 31.4 Å². The second kappa shape index (κ2) is 5.87. The van der Waals surface area contributed by atoms with Crippen LogP contribution in [0.5, 0.6) is 0 Å². The molecule has 1 aromatic rings. The summed E-state index contributed by atoms with van der Waals surface area (Å²) in [6.45, 7) is 2.75. The number of amides is 2. The maximum atomic E-state index is 12.1. The summed E-state index contributed by atoms with van der Waals surface area (Å²) in [6.07, 6.45) is 2.69. The zero-order valence-electron chi connectivity index (χ0n) is 11.5. The summed E-state index contributed by atoms with van der Waals surface area (Å²) in [5.41, 5.74) is 1.71. The van der Waals surface area contributed by atoms with Crippen LogP contribution in [0.1, 0.15) is 35.2 Å². The molecule has 102 valence electrons. The molecule has 1 unspecified atom stereocenters. The van der Waals surface area contributed by atoms with E-state index in [4.69, 9.17) is 0 Å². The highest BCUT2D eigenvalue weighted by atomic mass is 16.2. The van der Waals surface area contributed by atoms with Gasteiger partial charge in [-0.15, -0.1) is 0 Å². The number of hydrogen-bond donors (Lipinski definition) is 1. The number of carbonyl (C=O) groups excluding carboxylic acids is 2. The molecule has 1 aromatic carbocycles. The molecule has 1 aliphatic heterocycles. The first-order valence-electron chi connectivity index (χ1n) is 6.70. The lowest BCUT2D eigenvalue weighted by Crippen LogP contribution is -2.46. The molecule has 1 fully saturated rings. The van der Waals surface area contributed by atoms with Gasteiger partial charge in [0.1, 0.15) is 6.04 Å². The minimum absolute atomic E-state index is 0.0120. The van der Waals surface area contributed by atoms with Crippen LogP contribution in [-0.2, 0) is 4.79 Å². The van der Waals surface area contributed by atoms with Crippen molar-refractivity contribution in [3.05, 3.63) is 35.4 Å². The summed E-state index contributed by atoms with van der Waals surface area (Å²) >= 11 is 0. The van der Waals surface area contributed by atoms with Crippen molar-refractivity contribution in [1.29, 1.82) is 0 Å². The van der Waals surface area contributed by atoms with E-state index in [0.29, 0.717) is 5.56 Å². The lowest BCUT2D eigenvalue weighted by atomic mass is 10.1. The third-order valence-electron chi connectivity index (χ3n) is 3.53. The molecule has 1 saturated heterocycles. The molecule has 2 amide bonds. The smallest absolute Gasteiger partial charge is 0.251 e. The predicted octanol–water partition coefficient (Wildman–Crippen LogP) is 1.74. The topological polar surface area (TPSA) is 49.4 Å². The molecular formula is C15H20N2O2. The van der Waals surface area contributed by atoms with Gasteiger partial charge in [0.05, 0.1) is 0 Å². The van der Waals surface area contributed by atoms with Crippen LogP contribution in [0.2, 0.25) is 0 Å². The van der Waals surface area contributed by atoms with Gasteiger partial charge in [0.25, 0.3) is 5.91 Å². The molecule has 2 rings (SSSR count). The fourth-order valence-electron chi connectivity index (χ4n) is 2.28. The molecule has 4 nitrogen and oxygen atoms in total. The van der Waals surface area contributed by atoms with Crippen molar-refractivity contribution in [3.8, 4) is 0 Å². The van der Waals surface area contributed by atoms with Crippen molar-refractivity contribution < 1.29 is 9.59 Å². The first-order valence-corrected chi connectivity index (χ1v) is 6.70. The van der Waals surface area contributed by atoms with E-state index < -0.39 is 0 Å². The summed E-state index contributed by atoms with van der Waals surface area (Å²) in [5.74, 6) is -0.161. The maximum absolute atomic E-state index is 12.1.